The second kappa shape index (κ2) is 6.41. The van der Waals surface area contributed by atoms with Gasteiger partial charge in [0.25, 0.3) is 0 Å². The molecule has 2 heteroatoms. The van der Waals surface area contributed by atoms with E-state index in [9.17, 15) is 0 Å². The summed E-state index contributed by atoms with van der Waals surface area (Å²) in [7, 11) is 0. The first kappa shape index (κ1) is 13.7. The molecule has 0 aromatic carbocycles. The summed E-state index contributed by atoms with van der Waals surface area (Å²) >= 11 is 1.92. The van der Waals surface area contributed by atoms with E-state index in [1.165, 1.54) is 28.2 Å². The van der Waals surface area contributed by atoms with Crippen LogP contribution >= 0.6 is 11.3 Å². The number of aryl methyl sites for hydroxylation is 2. The third-order valence-corrected chi connectivity index (χ3v) is 4.17. The normalized spacial score (nSPS) is 13.4. The second-order valence-electron chi connectivity index (χ2n) is 5.21. The molecule has 16 heavy (non-hydrogen) atoms. The molecule has 0 spiro atoms. The molecule has 0 saturated carbocycles. The molecule has 1 nitrogen and oxygen atoms in total. The molecule has 0 bridgehead atoms. The number of rotatable bonds is 6. The topological polar surface area (TPSA) is 12.0 Å². The number of nitrogens with one attached hydrogen (secondary N) is 1. The Hall–Kier alpha value is -0.340. The highest BCUT2D eigenvalue weighted by Gasteiger charge is 2.05. The van der Waals surface area contributed by atoms with Gasteiger partial charge in [0.15, 0.2) is 0 Å². The highest BCUT2D eigenvalue weighted by molar-refractivity contribution is 7.12. The van der Waals surface area contributed by atoms with Crippen molar-refractivity contribution in [3.63, 3.8) is 0 Å². The number of hydrogen-bond acceptors (Lipinski definition) is 2. The van der Waals surface area contributed by atoms with Gasteiger partial charge in [-0.1, -0.05) is 13.8 Å². The largest absolute Gasteiger partial charge is 0.309 e. The van der Waals surface area contributed by atoms with E-state index >= 15 is 0 Å². The summed E-state index contributed by atoms with van der Waals surface area (Å²) < 4.78 is 0. The van der Waals surface area contributed by atoms with Crippen LogP contribution in [0.15, 0.2) is 6.07 Å². The van der Waals surface area contributed by atoms with Crippen molar-refractivity contribution in [3.05, 3.63) is 21.4 Å². The lowest BCUT2D eigenvalue weighted by Crippen LogP contribution is -2.25. The van der Waals surface area contributed by atoms with E-state index in [2.05, 4.69) is 46.0 Å². The van der Waals surface area contributed by atoms with Gasteiger partial charge in [-0.15, -0.1) is 11.3 Å². The fraction of sp³-hybridized carbons (Fsp3) is 0.714. The van der Waals surface area contributed by atoms with Crippen LogP contribution in [0.25, 0.3) is 0 Å². The highest BCUT2D eigenvalue weighted by Crippen LogP contribution is 2.20. The summed E-state index contributed by atoms with van der Waals surface area (Å²) in [4.78, 5) is 2.91. The fourth-order valence-electron chi connectivity index (χ4n) is 1.70. The average molecular weight is 239 g/mol. The van der Waals surface area contributed by atoms with E-state index in [1.807, 2.05) is 11.3 Å². The van der Waals surface area contributed by atoms with Crippen LogP contribution in [0.1, 0.15) is 48.9 Å². The summed E-state index contributed by atoms with van der Waals surface area (Å²) in [5.74, 6) is 0.815. The van der Waals surface area contributed by atoms with Crippen molar-refractivity contribution >= 4 is 11.3 Å². The molecule has 1 aromatic heterocycles. The Bertz CT molecular complexity index is 295. The Morgan fingerprint density at radius 3 is 2.38 bits per heavy atom. The van der Waals surface area contributed by atoms with Crippen LogP contribution in [0, 0.1) is 19.8 Å². The fourth-order valence-corrected chi connectivity index (χ4v) is 2.70. The Morgan fingerprint density at radius 1 is 1.19 bits per heavy atom. The van der Waals surface area contributed by atoms with Crippen LogP contribution in [0.2, 0.25) is 0 Å². The molecule has 1 atom stereocenters. The second-order valence-corrected chi connectivity index (χ2v) is 6.55. The van der Waals surface area contributed by atoms with E-state index in [1.54, 1.807) is 0 Å². The van der Waals surface area contributed by atoms with Gasteiger partial charge in [-0.05, 0) is 51.2 Å². The van der Waals surface area contributed by atoms with Crippen LogP contribution in [-0.2, 0) is 6.54 Å². The van der Waals surface area contributed by atoms with Gasteiger partial charge in [-0.3, -0.25) is 0 Å². The molecule has 1 unspecified atom stereocenters. The van der Waals surface area contributed by atoms with Gasteiger partial charge in [-0.2, -0.15) is 0 Å². The molecule has 0 radical (unpaired) electrons. The zero-order valence-electron chi connectivity index (χ0n) is 11.3. The molecule has 0 aliphatic heterocycles. The van der Waals surface area contributed by atoms with E-state index in [0.29, 0.717) is 6.04 Å². The van der Waals surface area contributed by atoms with Gasteiger partial charge in [0, 0.05) is 22.3 Å². The monoisotopic (exact) mass is 239 g/mol. The van der Waals surface area contributed by atoms with Gasteiger partial charge in [0.2, 0.25) is 0 Å². The molecule has 0 amide bonds. The molecule has 0 fully saturated rings. The van der Waals surface area contributed by atoms with Crippen molar-refractivity contribution < 1.29 is 0 Å². The minimum absolute atomic E-state index is 0.630. The van der Waals surface area contributed by atoms with Crippen LogP contribution in [0.3, 0.4) is 0 Å². The molecular weight excluding hydrogens is 214 g/mol. The number of thiophene rings is 1. The average Bonchev–Trinajstić information content (AvgIpc) is 2.52. The third-order valence-electron chi connectivity index (χ3n) is 3.02. The number of hydrogen-bond donors (Lipinski definition) is 1. The molecule has 1 rings (SSSR count). The van der Waals surface area contributed by atoms with Crippen molar-refractivity contribution in [1.82, 2.24) is 5.32 Å². The Kier molecular flexibility index (Phi) is 5.50. The summed E-state index contributed by atoms with van der Waals surface area (Å²) in [6.07, 6.45) is 2.59. The van der Waals surface area contributed by atoms with E-state index < -0.39 is 0 Å². The van der Waals surface area contributed by atoms with E-state index in [4.69, 9.17) is 0 Å². The lowest BCUT2D eigenvalue weighted by Gasteiger charge is -2.14. The summed E-state index contributed by atoms with van der Waals surface area (Å²) in [6, 6.07) is 2.94. The maximum atomic E-state index is 3.61. The van der Waals surface area contributed by atoms with Crippen LogP contribution in [0.4, 0.5) is 0 Å². The minimum Gasteiger partial charge on any atom is -0.309 e. The van der Waals surface area contributed by atoms with Crippen molar-refractivity contribution in [2.75, 3.05) is 0 Å². The molecule has 1 N–H and O–H groups in total. The zero-order valence-corrected chi connectivity index (χ0v) is 12.1. The molecular formula is C14H25NS. The predicted molar refractivity (Wildman–Crippen MR) is 74.2 cm³/mol. The lowest BCUT2D eigenvalue weighted by molar-refractivity contribution is 0.452. The smallest absolute Gasteiger partial charge is 0.0302 e. The summed E-state index contributed by atoms with van der Waals surface area (Å²) in [5.41, 5.74) is 1.43. The quantitative estimate of drug-likeness (QED) is 0.781. The maximum absolute atomic E-state index is 3.61. The predicted octanol–water partition coefficient (Wildman–Crippen LogP) is 4.28. The standard InChI is InChI=1S/C14H25NS/c1-10(2)6-7-12(4)15-9-14-8-11(3)13(5)16-14/h8,10,12,15H,6-7,9H2,1-5H3. The highest BCUT2D eigenvalue weighted by atomic mass is 32.1. The van der Waals surface area contributed by atoms with Gasteiger partial charge in [-0.25, -0.2) is 0 Å². The SMILES string of the molecule is Cc1cc(CNC(C)CCC(C)C)sc1C. The molecule has 1 aromatic rings. The first-order valence-corrected chi connectivity index (χ1v) is 7.10. The van der Waals surface area contributed by atoms with Crippen molar-refractivity contribution in [3.8, 4) is 0 Å². The maximum Gasteiger partial charge on any atom is 0.0302 e. The summed E-state index contributed by atoms with van der Waals surface area (Å²) in [5, 5.41) is 3.61. The molecule has 1 heterocycles. The first-order chi connectivity index (χ1) is 7.49. The molecule has 92 valence electrons. The van der Waals surface area contributed by atoms with Crippen molar-refractivity contribution in [2.24, 2.45) is 5.92 Å². The van der Waals surface area contributed by atoms with Gasteiger partial charge >= 0.3 is 0 Å². The van der Waals surface area contributed by atoms with Crippen LogP contribution in [0.5, 0.6) is 0 Å². The van der Waals surface area contributed by atoms with Gasteiger partial charge in [0.05, 0.1) is 0 Å². The summed E-state index contributed by atoms with van der Waals surface area (Å²) in [6.45, 7) is 12.3. The molecule has 0 aliphatic carbocycles. The Balaban J connectivity index is 2.28. The zero-order chi connectivity index (χ0) is 12.1. The molecule has 0 aliphatic rings. The minimum atomic E-state index is 0.630. The van der Waals surface area contributed by atoms with Crippen LogP contribution in [-0.4, -0.2) is 6.04 Å². The Labute approximate surface area is 104 Å². The van der Waals surface area contributed by atoms with Gasteiger partial charge in [0.1, 0.15) is 0 Å². The van der Waals surface area contributed by atoms with Crippen molar-refractivity contribution in [2.45, 2.75) is 60.0 Å². The molecule has 0 saturated heterocycles. The van der Waals surface area contributed by atoms with E-state index in [0.717, 1.165) is 12.5 Å². The van der Waals surface area contributed by atoms with E-state index in [-0.39, 0.29) is 0 Å². The first-order valence-electron chi connectivity index (χ1n) is 6.28. The lowest BCUT2D eigenvalue weighted by atomic mass is 10.0. The van der Waals surface area contributed by atoms with Crippen LogP contribution < -0.4 is 5.32 Å². The Morgan fingerprint density at radius 2 is 1.88 bits per heavy atom. The van der Waals surface area contributed by atoms with Gasteiger partial charge < -0.3 is 5.32 Å². The third kappa shape index (κ3) is 4.67. The van der Waals surface area contributed by atoms with Crippen molar-refractivity contribution in [1.29, 1.82) is 0 Å².